The third-order valence-electron chi connectivity index (χ3n) is 10.2. The first-order chi connectivity index (χ1) is 28.3. The summed E-state index contributed by atoms with van der Waals surface area (Å²) in [6, 6.07) is 88.1. The van der Waals surface area contributed by atoms with Gasteiger partial charge in [0.05, 0.1) is 0 Å². The van der Waals surface area contributed by atoms with Gasteiger partial charge in [0.2, 0.25) is 0 Å². The summed E-state index contributed by atoms with van der Waals surface area (Å²) in [5.41, 5.74) is 14.7. The maximum absolute atomic E-state index is 2.31. The van der Waals surface area contributed by atoms with Crippen LogP contribution in [-0.2, 0) is 0 Å². The van der Waals surface area contributed by atoms with Gasteiger partial charge in [-0.1, -0.05) is 140 Å². The quantitative estimate of drug-likeness (QED) is 0.131. The van der Waals surface area contributed by atoms with E-state index in [0.29, 0.717) is 0 Å². The largest absolute Gasteiger partial charge is 0.311 e. The van der Waals surface area contributed by atoms with Crippen LogP contribution in [0.2, 0.25) is 0 Å². The van der Waals surface area contributed by atoms with Gasteiger partial charge in [-0.3, -0.25) is 0 Å². The molecule has 9 rings (SSSR count). The Kier molecular flexibility index (Phi) is 10.1. The molecular weight excluding hydrogens is 691 g/mol. The Labute approximate surface area is 337 Å². The molecule has 0 radical (unpaired) electrons. The van der Waals surface area contributed by atoms with Gasteiger partial charge >= 0.3 is 0 Å². The monoisotopic (exact) mass is 734 g/mol. The molecule has 9 aromatic rings. The van der Waals surface area contributed by atoms with Crippen LogP contribution >= 0.6 is 0 Å². The minimum absolute atomic E-state index is 0. The Morgan fingerprint density at radius 3 is 0.456 bits per heavy atom. The van der Waals surface area contributed by atoms with Gasteiger partial charge in [-0.05, 0) is 131 Å². The van der Waals surface area contributed by atoms with Gasteiger partial charge in [0.15, 0.2) is 0 Å². The summed E-state index contributed by atoms with van der Waals surface area (Å²) in [5.74, 6) is 0. The molecule has 0 amide bonds. The number of nitrogens with zero attached hydrogens (tertiary/aromatic N) is 3. The van der Waals surface area contributed by atoms with Crippen molar-refractivity contribution in [1.82, 2.24) is 0 Å². The lowest BCUT2D eigenvalue weighted by Crippen LogP contribution is -2.10. The average molecular weight is 735 g/mol. The Morgan fingerprint density at radius 1 is 0.158 bits per heavy atom. The Balaban J connectivity index is 0.00000469. The summed E-state index contributed by atoms with van der Waals surface area (Å²) < 4.78 is 0. The lowest BCUT2D eigenvalue weighted by atomic mass is 10.0. The van der Waals surface area contributed by atoms with Crippen molar-refractivity contribution in [3.63, 3.8) is 0 Å². The molecule has 3 heteroatoms. The minimum Gasteiger partial charge on any atom is -0.311 e. The first-order valence-corrected chi connectivity index (χ1v) is 19.4. The second-order valence-corrected chi connectivity index (χ2v) is 13.9. The summed E-state index contributed by atoms with van der Waals surface area (Å²) in [5, 5.41) is 0. The summed E-state index contributed by atoms with van der Waals surface area (Å²) >= 11 is 0. The van der Waals surface area contributed by atoms with Crippen LogP contribution in [0.5, 0.6) is 0 Å². The van der Waals surface area contributed by atoms with Gasteiger partial charge in [-0.15, -0.1) is 0 Å². The van der Waals surface area contributed by atoms with Crippen LogP contribution in [0.4, 0.5) is 51.2 Å². The van der Waals surface area contributed by atoms with E-state index in [0.717, 1.165) is 51.2 Å². The predicted molar refractivity (Wildman–Crippen MR) is 243 cm³/mol. The van der Waals surface area contributed by atoms with Gasteiger partial charge in [0.1, 0.15) is 0 Å². The van der Waals surface area contributed by atoms with Crippen LogP contribution in [0.15, 0.2) is 249 Å². The van der Waals surface area contributed by atoms with E-state index in [2.05, 4.69) is 263 Å². The lowest BCUT2D eigenvalue weighted by molar-refractivity contribution is 1.28. The zero-order valence-corrected chi connectivity index (χ0v) is 31.5. The molecule has 57 heavy (non-hydrogen) atoms. The summed E-state index contributed by atoms with van der Waals surface area (Å²) in [4.78, 5) is 6.89. The van der Waals surface area contributed by atoms with E-state index in [1.54, 1.807) is 0 Å². The van der Waals surface area contributed by atoms with Gasteiger partial charge in [0.25, 0.3) is 0 Å². The molecule has 0 fully saturated rings. The third-order valence-corrected chi connectivity index (χ3v) is 10.2. The smallest absolute Gasteiger partial charge is 0.0462 e. The highest BCUT2D eigenvalue weighted by atomic mass is 15.2. The third kappa shape index (κ3) is 7.68. The van der Waals surface area contributed by atoms with Crippen molar-refractivity contribution in [2.45, 2.75) is 0 Å². The summed E-state index contributed by atoms with van der Waals surface area (Å²) in [6.07, 6.45) is 0. The zero-order valence-electron chi connectivity index (χ0n) is 31.5. The molecule has 0 aliphatic heterocycles. The molecule has 0 unspecified atom stereocenters. The Bertz CT molecular complexity index is 2370. The fourth-order valence-electron chi connectivity index (χ4n) is 7.44. The highest BCUT2D eigenvalue weighted by Gasteiger charge is 2.16. The second kappa shape index (κ2) is 16.4. The van der Waals surface area contributed by atoms with E-state index in [-0.39, 0.29) is 1.43 Å². The van der Waals surface area contributed by atoms with Crippen LogP contribution in [0.25, 0.3) is 22.3 Å². The zero-order chi connectivity index (χ0) is 38.2. The summed E-state index contributed by atoms with van der Waals surface area (Å²) in [7, 11) is 0. The molecule has 0 aliphatic carbocycles. The van der Waals surface area contributed by atoms with Crippen molar-refractivity contribution in [3.8, 4) is 22.3 Å². The molecule has 0 aliphatic rings. The maximum Gasteiger partial charge on any atom is 0.0462 e. The van der Waals surface area contributed by atoms with E-state index in [9.17, 15) is 0 Å². The van der Waals surface area contributed by atoms with Gasteiger partial charge in [-0.2, -0.15) is 0 Å². The van der Waals surface area contributed by atoms with Gasteiger partial charge < -0.3 is 14.7 Å². The highest BCUT2D eigenvalue weighted by Crippen LogP contribution is 2.39. The molecule has 3 nitrogen and oxygen atoms in total. The molecule has 0 atom stereocenters. The molecule has 0 heterocycles. The molecule has 0 saturated heterocycles. The number of hydrogen-bond donors (Lipinski definition) is 0. The average Bonchev–Trinajstić information content (AvgIpc) is 3.30. The number of hydrogen-bond acceptors (Lipinski definition) is 3. The van der Waals surface area contributed by atoms with Crippen LogP contribution < -0.4 is 14.7 Å². The molecule has 0 spiro atoms. The highest BCUT2D eigenvalue weighted by molar-refractivity contribution is 5.82. The van der Waals surface area contributed by atoms with Crippen molar-refractivity contribution in [2.24, 2.45) is 0 Å². The maximum atomic E-state index is 2.31. The minimum atomic E-state index is 0. The van der Waals surface area contributed by atoms with E-state index in [4.69, 9.17) is 0 Å². The van der Waals surface area contributed by atoms with E-state index >= 15 is 0 Å². The van der Waals surface area contributed by atoms with Crippen LogP contribution in [0.1, 0.15) is 1.43 Å². The van der Waals surface area contributed by atoms with Gasteiger partial charge in [0, 0.05) is 52.6 Å². The topological polar surface area (TPSA) is 9.72 Å². The van der Waals surface area contributed by atoms with Crippen molar-refractivity contribution < 1.29 is 1.43 Å². The molecule has 0 saturated carbocycles. The first-order valence-electron chi connectivity index (χ1n) is 19.4. The normalized spacial score (nSPS) is 10.8. The van der Waals surface area contributed by atoms with Gasteiger partial charge in [-0.25, -0.2) is 0 Å². The number of para-hydroxylation sites is 5. The molecule has 274 valence electrons. The van der Waals surface area contributed by atoms with Crippen LogP contribution in [0, 0.1) is 0 Å². The second-order valence-electron chi connectivity index (χ2n) is 13.9. The fraction of sp³-hybridized carbons (Fsp3) is 0. The number of anilines is 9. The van der Waals surface area contributed by atoms with Crippen LogP contribution in [0.3, 0.4) is 0 Å². The molecule has 0 bridgehead atoms. The molecule has 0 aromatic heterocycles. The fourth-order valence-corrected chi connectivity index (χ4v) is 7.44. The molecular formula is C54H43N3. The SMILES string of the molecule is [2HH].c1ccc(N(c2ccccc2)c2ccc(-c3ccc(N(c4ccccc4)c4ccc(-c5ccc(N(c6ccccc6)c6ccccc6)cc5)cc4)cc3)cc2)cc1. The van der Waals surface area contributed by atoms with Crippen molar-refractivity contribution in [1.29, 1.82) is 0 Å². The Morgan fingerprint density at radius 2 is 0.298 bits per heavy atom. The van der Waals surface area contributed by atoms with Crippen molar-refractivity contribution in [2.75, 3.05) is 14.7 Å². The van der Waals surface area contributed by atoms with E-state index < -0.39 is 0 Å². The first kappa shape index (κ1) is 35.1. The van der Waals surface area contributed by atoms with Crippen molar-refractivity contribution >= 4 is 51.2 Å². The van der Waals surface area contributed by atoms with Crippen LogP contribution in [-0.4, -0.2) is 0 Å². The standard InChI is InChI=1S/C54H41N3.H2/c1-6-16-46(17-7-1)55(47-18-8-2-9-19-47)51-34-26-42(27-35-51)44-30-38-53(39-31-44)57(50-24-14-5-15-25-50)54-40-32-45(33-41-54)43-28-36-52(37-29-43)56(48-20-10-3-11-21-48)49-22-12-4-13-23-49;/h1-41H;1H/i;1+1. The summed E-state index contributed by atoms with van der Waals surface area (Å²) in [6.45, 7) is 0. The Hall–Kier alpha value is -7.62. The van der Waals surface area contributed by atoms with E-state index in [1.165, 1.54) is 22.3 Å². The number of benzene rings is 9. The lowest BCUT2D eigenvalue weighted by Gasteiger charge is -2.26. The predicted octanol–water partition coefficient (Wildman–Crippen LogP) is 15.7. The van der Waals surface area contributed by atoms with Crippen molar-refractivity contribution in [3.05, 3.63) is 249 Å². The molecule has 0 N–H and O–H groups in total. The number of rotatable bonds is 11. The van der Waals surface area contributed by atoms with E-state index in [1.807, 2.05) is 0 Å². The molecule has 9 aromatic carbocycles.